The van der Waals surface area contributed by atoms with E-state index >= 15 is 0 Å². The van der Waals surface area contributed by atoms with Gasteiger partial charge in [0.05, 0.1) is 0 Å². The summed E-state index contributed by atoms with van der Waals surface area (Å²) in [6, 6.07) is 0. The molecule has 0 aliphatic rings. The zero-order chi connectivity index (χ0) is 13.7. The van der Waals surface area contributed by atoms with Crippen molar-refractivity contribution < 1.29 is 0 Å². The fourth-order valence-electron chi connectivity index (χ4n) is 3.39. The Morgan fingerprint density at radius 2 is 0.889 bits per heavy atom. The first-order valence-electron chi connectivity index (χ1n) is 7.50. The number of hydrogen-bond donors (Lipinski definition) is 0. The van der Waals surface area contributed by atoms with Crippen molar-refractivity contribution in [3.05, 3.63) is 40.0 Å². The minimum absolute atomic E-state index is 1.12. The zero-order valence-electron chi connectivity index (χ0n) is 12.8. The molecular formula is C18H28. The highest BCUT2D eigenvalue weighted by atomic mass is 14.2. The Bertz CT molecular complexity index is 391. The summed E-state index contributed by atoms with van der Waals surface area (Å²) in [5.41, 5.74) is 9.29. The van der Waals surface area contributed by atoms with Crippen LogP contribution in [0.2, 0.25) is 0 Å². The van der Waals surface area contributed by atoms with Crippen LogP contribution in [0.15, 0.2) is 6.58 Å². The maximum atomic E-state index is 4.05. The lowest BCUT2D eigenvalue weighted by molar-refractivity contribution is 0.910. The van der Waals surface area contributed by atoms with E-state index < -0.39 is 0 Å². The normalized spacial score (nSPS) is 10.7. The second kappa shape index (κ2) is 6.78. The molecule has 0 fully saturated rings. The van der Waals surface area contributed by atoms with Gasteiger partial charge in [-0.25, -0.2) is 0 Å². The van der Waals surface area contributed by atoms with Gasteiger partial charge in [-0.05, 0) is 65.5 Å². The Hall–Kier alpha value is -1.04. The van der Waals surface area contributed by atoms with Gasteiger partial charge in [0.1, 0.15) is 0 Å². The largest absolute Gasteiger partial charge is 0.0984 e. The van der Waals surface area contributed by atoms with Crippen molar-refractivity contribution in [1.29, 1.82) is 0 Å². The van der Waals surface area contributed by atoms with E-state index in [1.54, 1.807) is 27.8 Å². The molecule has 0 saturated carbocycles. The topological polar surface area (TPSA) is 0 Å². The third-order valence-corrected chi connectivity index (χ3v) is 4.08. The summed E-state index contributed by atoms with van der Waals surface area (Å²) in [7, 11) is 0. The summed E-state index contributed by atoms with van der Waals surface area (Å²) in [6.45, 7) is 15.5. The summed E-state index contributed by atoms with van der Waals surface area (Å²) < 4.78 is 0. The lowest BCUT2D eigenvalue weighted by Crippen LogP contribution is -2.10. The highest BCUT2D eigenvalue weighted by Gasteiger charge is 2.17. The van der Waals surface area contributed by atoms with Gasteiger partial charge in [-0.2, -0.15) is 0 Å². The van der Waals surface area contributed by atoms with E-state index in [-0.39, 0.29) is 0 Å². The summed E-state index contributed by atoms with van der Waals surface area (Å²) in [6.07, 6.45) is 7.76. The van der Waals surface area contributed by atoms with Crippen molar-refractivity contribution in [2.45, 2.75) is 66.7 Å². The lowest BCUT2D eigenvalue weighted by atomic mass is 9.82. The van der Waals surface area contributed by atoms with E-state index in [1.807, 2.05) is 0 Å². The van der Waals surface area contributed by atoms with E-state index in [0.717, 1.165) is 32.1 Å². The molecule has 0 radical (unpaired) electrons. The summed E-state index contributed by atoms with van der Waals surface area (Å²) in [5, 5.41) is 0. The van der Waals surface area contributed by atoms with E-state index in [1.165, 1.54) is 5.56 Å². The fourth-order valence-corrected chi connectivity index (χ4v) is 3.39. The van der Waals surface area contributed by atoms with Gasteiger partial charge in [-0.15, -0.1) is 0 Å². The molecule has 0 N–H and O–H groups in total. The molecule has 0 aliphatic heterocycles. The van der Waals surface area contributed by atoms with Gasteiger partial charge in [0.2, 0.25) is 0 Å². The molecule has 0 heterocycles. The number of benzene rings is 1. The van der Waals surface area contributed by atoms with Gasteiger partial charge < -0.3 is 0 Å². The smallest absolute Gasteiger partial charge is 0.0193 e. The second-order valence-electron chi connectivity index (χ2n) is 4.78. The average molecular weight is 244 g/mol. The minimum atomic E-state index is 1.12. The molecule has 0 aliphatic carbocycles. The van der Waals surface area contributed by atoms with Crippen LogP contribution in [0.5, 0.6) is 0 Å². The molecule has 0 unspecified atom stereocenters. The highest BCUT2D eigenvalue weighted by molar-refractivity contribution is 5.64. The molecule has 18 heavy (non-hydrogen) atoms. The van der Waals surface area contributed by atoms with Crippen molar-refractivity contribution in [3.63, 3.8) is 0 Å². The van der Waals surface area contributed by atoms with Gasteiger partial charge >= 0.3 is 0 Å². The van der Waals surface area contributed by atoms with Crippen LogP contribution >= 0.6 is 0 Å². The third kappa shape index (κ3) is 2.39. The van der Waals surface area contributed by atoms with E-state index in [0.29, 0.717) is 0 Å². The first-order valence-corrected chi connectivity index (χ1v) is 7.50. The van der Waals surface area contributed by atoms with E-state index in [2.05, 4.69) is 47.3 Å². The molecule has 1 aromatic rings. The molecule has 0 amide bonds. The molecule has 1 rings (SSSR count). The maximum Gasteiger partial charge on any atom is -0.0193 e. The van der Waals surface area contributed by atoms with Crippen LogP contribution in [0.25, 0.3) is 6.08 Å². The Balaban J connectivity index is 3.77. The van der Waals surface area contributed by atoms with Gasteiger partial charge in [0, 0.05) is 0 Å². The SMILES string of the molecule is C=Cc1c(CC)c(CC)c(CC)c(CC)c1CC. The first kappa shape index (κ1) is 15.0. The Kier molecular flexibility index (Phi) is 5.65. The summed E-state index contributed by atoms with van der Waals surface area (Å²) >= 11 is 0. The summed E-state index contributed by atoms with van der Waals surface area (Å²) in [4.78, 5) is 0. The number of rotatable bonds is 6. The predicted molar refractivity (Wildman–Crippen MR) is 83.4 cm³/mol. The molecule has 0 bridgehead atoms. The van der Waals surface area contributed by atoms with Gasteiger partial charge in [0.25, 0.3) is 0 Å². The van der Waals surface area contributed by atoms with Crippen LogP contribution in [-0.2, 0) is 32.1 Å². The Morgan fingerprint density at radius 1 is 0.611 bits per heavy atom. The fraction of sp³-hybridized carbons (Fsp3) is 0.556. The van der Waals surface area contributed by atoms with Crippen LogP contribution in [0.1, 0.15) is 68.0 Å². The highest BCUT2D eigenvalue weighted by Crippen LogP contribution is 2.31. The maximum absolute atomic E-state index is 4.05. The number of hydrogen-bond acceptors (Lipinski definition) is 0. The molecule has 0 nitrogen and oxygen atoms in total. The van der Waals surface area contributed by atoms with Crippen LogP contribution in [-0.4, -0.2) is 0 Å². The second-order valence-corrected chi connectivity index (χ2v) is 4.78. The van der Waals surface area contributed by atoms with Crippen molar-refractivity contribution >= 4 is 6.08 Å². The van der Waals surface area contributed by atoms with Crippen LogP contribution in [0, 0.1) is 0 Å². The zero-order valence-corrected chi connectivity index (χ0v) is 12.8. The van der Waals surface area contributed by atoms with Gasteiger partial charge in [0.15, 0.2) is 0 Å². The molecule has 100 valence electrons. The average Bonchev–Trinajstić information content (AvgIpc) is 2.43. The van der Waals surface area contributed by atoms with Crippen molar-refractivity contribution in [1.82, 2.24) is 0 Å². The van der Waals surface area contributed by atoms with Crippen molar-refractivity contribution in [2.75, 3.05) is 0 Å². The van der Waals surface area contributed by atoms with Crippen LogP contribution < -0.4 is 0 Å². The van der Waals surface area contributed by atoms with Crippen molar-refractivity contribution in [2.24, 2.45) is 0 Å². The standard InChI is InChI=1S/C18H28/c1-7-13-14(8-2)16(10-4)18(12-6)17(11-5)15(13)9-3/h7H,1,8-12H2,2-6H3. The van der Waals surface area contributed by atoms with Crippen LogP contribution in [0.4, 0.5) is 0 Å². The molecule has 0 heteroatoms. The Labute approximate surface area is 113 Å². The monoisotopic (exact) mass is 244 g/mol. The molecule has 0 saturated heterocycles. The van der Waals surface area contributed by atoms with Crippen LogP contribution in [0.3, 0.4) is 0 Å². The molecule has 0 aromatic heterocycles. The van der Waals surface area contributed by atoms with E-state index in [9.17, 15) is 0 Å². The predicted octanol–water partition coefficient (Wildman–Crippen LogP) is 5.14. The van der Waals surface area contributed by atoms with E-state index in [4.69, 9.17) is 0 Å². The summed E-state index contributed by atoms with van der Waals surface area (Å²) in [5.74, 6) is 0. The lowest BCUT2D eigenvalue weighted by Gasteiger charge is -2.23. The Morgan fingerprint density at radius 3 is 1.11 bits per heavy atom. The molecule has 0 spiro atoms. The van der Waals surface area contributed by atoms with Gasteiger partial charge in [-0.3, -0.25) is 0 Å². The minimum Gasteiger partial charge on any atom is -0.0984 e. The van der Waals surface area contributed by atoms with Crippen molar-refractivity contribution in [3.8, 4) is 0 Å². The molecular weight excluding hydrogens is 216 g/mol. The first-order chi connectivity index (χ1) is 8.69. The quantitative estimate of drug-likeness (QED) is 0.650. The third-order valence-electron chi connectivity index (χ3n) is 4.08. The van der Waals surface area contributed by atoms with Gasteiger partial charge in [-0.1, -0.05) is 47.3 Å². The molecule has 1 aromatic carbocycles. The molecule has 0 atom stereocenters.